The molecule has 0 aromatic carbocycles. The van der Waals surface area contributed by atoms with Crippen LogP contribution in [0.15, 0.2) is 4.52 Å². The minimum absolute atomic E-state index is 0.246. The fraction of sp³-hybridized carbons (Fsp3) is 0.786. The first-order valence-electron chi connectivity index (χ1n) is 7.29. The van der Waals surface area contributed by atoms with Crippen molar-refractivity contribution in [3.63, 3.8) is 0 Å². The third-order valence-electron chi connectivity index (χ3n) is 4.73. The van der Waals surface area contributed by atoms with Crippen LogP contribution >= 0.6 is 0 Å². The molecule has 1 aromatic heterocycles. The summed E-state index contributed by atoms with van der Waals surface area (Å²) < 4.78 is 5.25. The number of hydrogen-bond donors (Lipinski definition) is 1. The van der Waals surface area contributed by atoms with Gasteiger partial charge in [0.25, 0.3) is 0 Å². The standard InChI is InChI=1S/C14H21N3O3/c1-9(2)12-15-11(20-16-12)7-17-6-10-4-3-5-14(10,8-17)13(18)19/h9-10H,3-8H2,1-2H3,(H,18,19)/t10-,14+/m0/s1. The van der Waals surface area contributed by atoms with E-state index in [2.05, 4.69) is 15.0 Å². The molecule has 1 aliphatic heterocycles. The minimum Gasteiger partial charge on any atom is -0.481 e. The molecule has 1 saturated heterocycles. The van der Waals surface area contributed by atoms with Crippen molar-refractivity contribution in [1.82, 2.24) is 15.0 Å². The van der Waals surface area contributed by atoms with E-state index in [1.807, 2.05) is 13.8 Å². The molecule has 2 fully saturated rings. The Morgan fingerprint density at radius 2 is 2.40 bits per heavy atom. The Morgan fingerprint density at radius 1 is 1.60 bits per heavy atom. The number of rotatable bonds is 4. The normalized spacial score (nSPS) is 30.1. The maximum atomic E-state index is 11.6. The van der Waals surface area contributed by atoms with Crippen molar-refractivity contribution in [1.29, 1.82) is 0 Å². The topological polar surface area (TPSA) is 79.5 Å². The molecule has 0 amide bonds. The van der Waals surface area contributed by atoms with Crippen molar-refractivity contribution < 1.29 is 14.4 Å². The van der Waals surface area contributed by atoms with Crippen molar-refractivity contribution in [2.45, 2.75) is 45.6 Å². The van der Waals surface area contributed by atoms with Gasteiger partial charge in [-0.1, -0.05) is 25.4 Å². The van der Waals surface area contributed by atoms with Crippen LogP contribution in [0.1, 0.15) is 50.7 Å². The number of carbonyl (C=O) groups is 1. The Hall–Kier alpha value is -1.43. The number of carboxylic acid groups (broad SMARTS) is 1. The van der Waals surface area contributed by atoms with E-state index in [0.717, 1.165) is 25.8 Å². The average Bonchev–Trinajstić information content (AvgIpc) is 3.02. The quantitative estimate of drug-likeness (QED) is 0.906. The highest BCUT2D eigenvalue weighted by Crippen LogP contribution is 2.49. The molecular formula is C14H21N3O3. The predicted molar refractivity (Wildman–Crippen MR) is 71.1 cm³/mol. The van der Waals surface area contributed by atoms with Crippen LogP contribution < -0.4 is 0 Å². The molecule has 0 spiro atoms. The van der Waals surface area contributed by atoms with E-state index in [9.17, 15) is 9.90 Å². The molecule has 1 aromatic rings. The molecule has 1 aliphatic carbocycles. The van der Waals surface area contributed by atoms with Crippen molar-refractivity contribution in [3.8, 4) is 0 Å². The van der Waals surface area contributed by atoms with Gasteiger partial charge in [0.15, 0.2) is 5.82 Å². The van der Waals surface area contributed by atoms with Crippen LogP contribution in [0.4, 0.5) is 0 Å². The van der Waals surface area contributed by atoms with Gasteiger partial charge >= 0.3 is 5.97 Å². The van der Waals surface area contributed by atoms with Gasteiger partial charge in [-0.05, 0) is 18.8 Å². The Balaban J connectivity index is 1.69. The molecule has 20 heavy (non-hydrogen) atoms. The summed E-state index contributed by atoms with van der Waals surface area (Å²) in [6.45, 7) is 6.03. The number of aromatic nitrogens is 2. The van der Waals surface area contributed by atoms with E-state index in [4.69, 9.17) is 4.52 Å². The summed E-state index contributed by atoms with van der Waals surface area (Å²) in [5.74, 6) is 1.18. The first-order valence-corrected chi connectivity index (χ1v) is 7.29. The van der Waals surface area contributed by atoms with Crippen LogP contribution in [0, 0.1) is 11.3 Å². The van der Waals surface area contributed by atoms with Gasteiger partial charge in [0.05, 0.1) is 12.0 Å². The number of hydrogen-bond acceptors (Lipinski definition) is 5. The van der Waals surface area contributed by atoms with Crippen molar-refractivity contribution >= 4 is 5.97 Å². The van der Waals surface area contributed by atoms with Gasteiger partial charge in [-0.3, -0.25) is 9.69 Å². The fourth-order valence-electron chi connectivity index (χ4n) is 3.62. The van der Waals surface area contributed by atoms with Crippen LogP contribution in [0.2, 0.25) is 0 Å². The maximum Gasteiger partial charge on any atom is 0.311 e. The molecule has 3 rings (SSSR count). The SMILES string of the molecule is CC(C)c1noc(CN2C[C@@H]3CCC[C@@]3(C(=O)O)C2)n1. The number of aliphatic carboxylic acids is 1. The minimum atomic E-state index is -0.643. The first-order chi connectivity index (χ1) is 9.51. The van der Waals surface area contributed by atoms with Gasteiger partial charge in [0.2, 0.25) is 5.89 Å². The van der Waals surface area contributed by atoms with E-state index in [1.165, 1.54) is 0 Å². The highest BCUT2D eigenvalue weighted by molar-refractivity contribution is 5.76. The number of likely N-dealkylation sites (tertiary alicyclic amines) is 1. The zero-order valence-corrected chi connectivity index (χ0v) is 12.0. The van der Waals surface area contributed by atoms with Gasteiger partial charge in [-0.25, -0.2) is 0 Å². The summed E-state index contributed by atoms with van der Waals surface area (Å²) >= 11 is 0. The second-order valence-corrected chi connectivity index (χ2v) is 6.42. The van der Waals surface area contributed by atoms with Crippen LogP contribution in [0.3, 0.4) is 0 Å². The second kappa shape index (κ2) is 4.84. The van der Waals surface area contributed by atoms with Crippen molar-refractivity contribution in [2.75, 3.05) is 13.1 Å². The Bertz CT molecular complexity index is 514. The second-order valence-electron chi connectivity index (χ2n) is 6.42. The summed E-state index contributed by atoms with van der Waals surface area (Å²) in [4.78, 5) is 18.1. The molecule has 2 heterocycles. The number of nitrogens with zero attached hydrogens (tertiary/aromatic N) is 3. The monoisotopic (exact) mass is 279 g/mol. The molecule has 0 bridgehead atoms. The van der Waals surface area contributed by atoms with E-state index in [0.29, 0.717) is 24.8 Å². The molecule has 2 aliphatic rings. The maximum absolute atomic E-state index is 11.6. The van der Waals surface area contributed by atoms with E-state index in [-0.39, 0.29) is 11.8 Å². The summed E-state index contributed by atoms with van der Waals surface area (Å²) in [7, 11) is 0. The van der Waals surface area contributed by atoms with Gasteiger partial charge in [-0.2, -0.15) is 4.98 Å². The molecule has 110 valence electrons. The summed E-state index contributed by atoms with van der Waals surface area (Å²) in [6, 6.07) is 0. The Morgan fingerprint density at radius 3 is 3.00 bits per heavy atom. The molecular weight excluding hydrogens is 258 g/mol. The van der Waals surface area contributed by atoms with Crippen LogP contribution in [-0.4, -0.2) is 39.2 Å². The summed E-state index contributed by atoms with van der Waals surface area (Å²) in [6.07, 6.45) is 2.84. The van der Waals surface area contributed by atoms with Crippen molar-refractivity contribution in [3.05, 3.63) is 11.7 Å². The van der Waals surface area contributed by atoms with E-state index >= 15 is 0 Å². The lowest BCUT2D eigenvalue weighted by atomic mass is 9.81. The van der Waals surface area contributed by atoms with Gasteiger partial charge < -0.3 is 9.63 Å². The molecule has 6 heteroatoms. The number of fused-ring (bicyclic) bond motifs is 1. The lowest BCUT2D eigenvalue weighted by Crippen LogP contribution is -2.35. The lowest BCUT2D eigenvalue weighted by molar-refractivity contribution is -0.149. The zero-order valence-electron chi connectivity index (χ0n) is 12.0. The molecule has 6 nitrogen and oxygen atoms in total. The van der Waals surface area contributed by atoms with E-state index in [1.54, 1.807) is 0 Å². The van der Waals surface area contributed by atoms with Crippen LogP contribution in [0.5, 0.6) is 0 Å². The van der Waals surface area contributed by atoms with Gasteiger partial charge in [-0.15, -0.1) is 0 Å². The molecule has 2 atom stereocenters. The third kappa shape index (κ3) is 2.12. The summed E-state index contributed by atoms with van der Waals surface area (Å²) in [5, 5.41) is 13.5. The smallest absolute Gasteiger partial charge is 0.311 e. The molecule has 0 unspecified atom stereocenters. The Kier molecular flexibility index (Phi) is 3.28. The highest BCUT2D eigenvalue weighted by atomic mass is 16.5. The first kappa shape index (κ1) is 13.5. The number of carboxylic acids is 1. The third-order valence-corrected chi connectivity index (χ3v) is 4.73. The highest BCUT2D eigenvalue weighted by Gasteiger charge is 2.54. The predicted octanol–water partition coefficient (Wildman–Crippen LogP) is 1.88. The van der Waals surface area contributed by atoms with Crippen LogP contribution in [-0.2, 0) is 11.3 Å². The molecule has 1 saturated carbocycles. The largest absolute Gasteiger partial charge is 0.481 e. The van der Waals surface area contributed by atoms with Gasteiger partial charge in [0.1, 0.15) is 0 Å². The van der Waals surface area contributed by atoms with Crippen LogP contribution in [0.25, 0.3) is 0 Å². The van der Waals surface area contributed by atoms with Gasteiger partial charge in [0, 0.05) is 19.0 Å². The van der Waals surface area contributed by atoms with Crippen molar-refractivity contribution in [2.24, 2.45) is 11.3 Å². The fourth-order valence-corrected chi connectivity index (χ4v) is 3.62. The zero-order chi connectivity index (χ0) is 14.3. The Labute approximate surface area is 118 Å². The molecule has 1 N–H and O–H groups in total. The lowest BCUT2D eigenvalue weighted by Gasteiger charge is -2.23. The summed E-state index contributed by atoms with van der Waals surface area (Å²) in [5.41, 5.74) is -0.541. The molecule has 0 radical (unpaired) electrons. The average molecular weight is 279 g/mol. The van der Waals surface area contributed by atoms with E-state index < -0.39 is 11.4 Å².